The van der Waals surface area contributed by atoms with Gasteiger partial charge in [0.2, 0.25) is 0 Å². The third-order valence-corrected chi connectivity index (χ3v) is 3.29. The van der Waals surface area contributed by atoms with Crippen LogP contribution in [0.5, 0.6) is 11.5 Å². The molecule has 0 aliphatic rings. The number of para-hydroxylation sites is 1. The summed E-state index contributed by atoms with van der Waals surface area (Å²) in [5.74, 6) is 1.32. The monoisotopic (exact) mass is 270 g/mol. The predicted octanol–water partition coefficient (Wildman–Crippen LogP) is 3.23. The first-order valence-electron chi connectivity index (χ1n) is 6.49. The summed E-state index contributed by atoms with van der Waals surface area (Å²) in [6.45, 7) is 0. The van der Waals surface area contributed by atoms with Crippen LogP contribution in [-0.4, -0.2) is 20.5 Å². The Kier molecular flexibility index (Phi) is 4.77. The van der Waals surface area contributed by atoms with Crippen LogP contribution in [-0.2, 0) is 11.2 Å². The van der Waals surface area contributed by atoms with E-state index in [1.165, 1.54) is 0 Å². The highest BCUT2D eigenvalue weighted by Gasteiger charge is 2.15. The second kappa shape index (κ2) is 6.75. The smallest absolute Gasteiger partial charge is 0.127 e. The van der Waals surface area contributed by atoms with Gasteiger partial charge in [0, 0.05) is 11.5 Å². The Balaban J connectivity index is 2.26. The standard InChI is InChI=1S/C17H18O3/c1-19-15-7-5-6-13(11-15)10-14(12-18)16-8-3-4-9-17(16)20-2/h3-9,11-12,14H,10H2,1-2H3. The molecule has 0 saturated carbocycles. The van der Waals surface area contributed by atoms with Gasteiger partial charge in [0.1, 0.15) is 17.8 Å². The molecular weight excluding hydrogens is 252 g/mol. The van der Waals surface area contributed by atoms with Crippen molar-refractivity contribution in [2.45, 2.75) is 12.3 Å². The normalized spacial score (nSPS) is 11.7. The highest BCUT2D eigenvalue weighted by atomic mass is 16.5. The summed E-state index contributed by atoms with van der Waals surface area (Å²) >= 11 is 0. The lowest BCUT2D eigenvalue weighted by molar-refractivity contribution is -0.109. The average Bonchev–Trinajstić information content (AvgIpc) is 2.52. The minimum atomic E-state index is -0.224. The summed E-state index contributed by atoms with van der Waals surface area (Å²) in [6, 6.07) is 15.4. The highest BCUT2D eigenvalue weighted by Crippen LogP contribution is 2.28. The molecule has 1 atom stereocenters. The van der Waals surface area contributed by atoms with E-state index >= 15 is 0 Å². The summed E-state index contributed by atoms with van der Waals surface area (Å²) in [7, 11) is 3.25. The van der Waals surface area contributed by atoms with E-state index in [0.717, 1.165) is 28.9 Å². The van der Waals surface area contributed by atoms with Gasteiger partial charge in [-0.3, -0.25) is 0 Å². The Morgan fingerprint density at radius 3 is 2.55 bits per heavy atom. The Morgan fingerprint density at radius 2 is 1.85 bits per heavy atom. The Morgan fingerprint density at radius 1 is 1.05 bits per heavy atom. The van der Waals surface area contributed by atoms with Gasteiger partial charge in [-0.05, 0) is 30.2 Å². The van der Waals surface area contributed by atoms with Crippen molar-refractivity contribution in [3.05, 3.63) is 59.7 Å². The molecule has 0 aromatic heterocycles. The van der Waals surface area contributed by atoms with Gasteiger partial charge in [0.15, 0.2) is 0 Å². The molecule has 0 amide bonds. The molecule has 0 aliphatic carbocycles. The average molecular weight is 270 g/mol. The summed E-state index contributed by atoms with van der Waals surface area (Å²) in [6.07, 6.45) is 1.60. The number of methoxy groups -OCH3 is 2. The van der Waals surface area contributed by atoms with Crippen LogP contribution in [0.1, 0.15) is 17.0 Å². The van der Waals surface area contributed by atoms with Gasteiger partial charge in [-0.15, -0.1) is 0 Å². The molecule has 0 radical (unpaired) electrons. The lowest BCUT2D eigenvalue weighted by atomic mass is 9.92. The molecule has 0 heterocycles. The molecule has 0 saturated heterocycles. The van der Waals surface area contributed by atoms with Crippen LogP contribution >= 0.6 is 0 Å². The number of aldehydes is 1. The van der Waals surface area contributed by atoms with Gasteiger partial charge in [-0.2, -0.15) is 0 Å². The molecule has 0 spiro atoms. The second-order valence-electron chi connectivity index (χ2n) is 4.54. The van der Waals surface area contributed by atoms with E-state index in [1.807, 2.05) is 48.5 Å². The first-order valence-corrected chi connectivity index (χ1v) is 6.49. The Bertz CT molecular complexity index is 578. The van der Waals surface area contributed by atoms with Gasteiger partial charge in [-0.1, -0.05) is 30.3 Å². The van der Waals surface area contributed by atoms with Crippen LogP contribution in [0.25, 0.3) is 0 Å². The molecule has 3 heteroatoms. The fraction of sp³-hybridized carbons (Fsp3) is 0.235. The van der Waals surface area contributed by atoms with E-state index < -0.39 is 0 Å². The van der Waals surface area contributed by atoms with E-state index in [4.69, 9.17) is 9.47 Å². The lowest BCUT2D eigenvalue weighted by Crippen LogP contribution is -2.06. The zero-order chi connectivity index (χ0) is 14.4. The van der Waals surface area contributed by atoms with E-state index in [2.05, 4.69) is 0 Å². The van der Waals surface area contributed by atoms with E-state index in [1.54, 1.807) is 14.2 Å². The fourth-order valence-corrected chi connectivity index (χ4v) is 2.26. The topological polar surface area (TPSA) is 35.5 Å². The van der Waals surface area contributed by atoms with Gasteiger partial charge in [0.25, 0.3) is 0 Å². The number of hydrogen-bond donors (Lipinski definition) is 0. The van der Waals surface area contributed by atoms with E-state index in [0.29, 0.717) is 6.42 Å². The van der Waals surface area contributed by atoms with Crippen LogP contribution in [0.2, 0.25) is 0 Å². The van der Waals surface area contributed by atoms with Gasteiger partial charge in [0.05, 0.1) is 14.2 Å². The van der Waals surface area contributed by atoms with E-state index in [-0.39, 0.29) is 5.92 Å². The van der Waals surface area contributed by atoms with Crippen LogP contribution in [0, 0.1) is 0 Å². The molecule has 0 fully saturated rings. The van der Waals surface area contributed by atoms with Crippen LogP contribution < -0.4 is 9.47 Å². The number of rotatable bonds is 6. The first kappa shape index (κ1) is 14.1. The highest BCUT2D eigenvalue weighted by molar-refractivity contribution is 5.65. The molecule has 0 aliphatic heterocycles. The first-order chi connectivity index (χ1) is 9.78. The molecule has 2 aromatic carbocycles. The number of carbonyl (C=O) groups is 1. The summed E-state index contributed by atoms with van der Waals surface area (Å²) in [4.78, 5) is 11.4. The molecule has 2 rings (SSSR count). The number of carbonyl (C=O) groups excluding carboxylic acids is 1. The van der Waals surface area contributed by atoms with Crippen molar-refractivity contribution >= 4 is 6.29 Å². The van der Waals surface area contributed by atoms with Crippen LogP contribution in [0.3, 0.4) is 0 Å². The maximum atomic E-state index is 11.4. The Hall–Kier alpha value is -2.29. The molecule has 2 aromatic rings. The van der Waals surface area contributed by atoms with Gasteiger partial charge in [-0.25, -0.2) is 0 Å². The zero-order valence-electron chi connectivity index (χ0n) is 11.7. The molecule has 3 nitrogen and oxygen atoms in total. The van der Waals surface area contributed by atoms with Gasteiger partial charge < -0.3 is 14.3 Å². The molecule has 104 valence electrons. The van der Waals surface area contributed by atoms with Crippen LogP contribution in [0.15, 0.2) is 48.5 Å². The van der Waals surface area contributed by atoms with Crippen LogP contribution in [0.4, 0.5) is 0 Å². The largest absolute Gasteiger partial charge is 0.497 e. The van der Waals surface area contributed by atoms with Crippen molar-refractivity contribution < 1.29 is 14.3 Å². The molecule has 1 unspecified atom stereocenters. The molecular formula is C17H18O3. The minimum Gasteiger partial charge on any atom is -0.497 e. The number of ether oxygens (including phenoxy) is 2. The maximum Gasteiger partial charge on any atom is 0.127 e. The number of benzene rings is 2. The van der Waals surface area contributed by atoms with E-state index in [9.17, 15) is 4.79 Å². The quantitative estimate of drug-likeness (QED) is 0.756. The van der Waals surface area contributed by atoms with Crippen molar-refractivity contribution in [3.63, 3.8) is 0 Å². The maximum absolute atomic E-state index is 11.4. The minimum absolute atomic E-state index is 0.224. The zero-order valence-corrected chi connectivity index (χ0v) is 11.7. The fourth-order valence-electron chi connectivity index (χ4n) is 2.26. The Labute approximate surface area is 119 Å². The van der Waals surface area contributed by atoms with Gasteiger partial charge >= 0.3 is 0 Å². The number of hydrogen-bond acceptors (Lipinski definition) is 3. The molecule has 20 heavy (non-hydrogen) atoms. The SMILES string of the molecule is COc1cccc(CC(C=O)c2ccccc2OC)c1. The van der Waals surface area contributed by atoms with Crippen molar-refractivity contribution in [2.75, 3.05) is 14.2 Å². The summed E-state index contributed by atoms with van der Waals surface area (Å²) < 4.78 is 10.5. The summed E-state index contributed by atoms with van der Waals surface area (Å²) in [5.41, 5.74) is 1.97. The van der Waals surface area contributed by atoms with Crippen molar-refractivity contribution in [1.82, 2.24) is 0 Å². The lowest BCUT2D eigenvalue weighted by Gasteiger charge is -2.15. The molecule has 0 bridgehead atoms. The predicted molar refractivity (Wildman–Crippen MR) is 78.5 cm³/mol. The van der Waals surface area contributed by atoms with Crippen molar-refractivity contribution in [1.29, 1.82) is 0 Å². The molecule has 0 N–H and O–H groups in total. The second-order valence-corrected chi connectivity index (χ2v) is 4.54. The summed E-state index contributed by atoms with van der Waals surface area (Å²) in [5, 5.41) is 0. The van der Waals surface area contributed by atoms with Crippen molar-refractivity contribution in [3.8, 4) is 11.5 Å². The third-order valence-electron chi connectivity index (χ3n) is 3.29. The third kappa shape index (κ3) is 3.18. The van der Waals surface area contributed by atoms with Crippen molar-refractivity contribution in [2.24, 2.45) is 0 Å².